The first-order valence-electron chi connectivity index (χ1n) is 6.12. The highest BCUT2D eigenvalue weighted by Crippen LogP contribution is 2.36. The number of nitrogens with two attached hydrogens (primary N) is 1. The second-order valence-electron chi connectivity index (χ2n) is 4.54. The van der Waals surface area contributed by atoms with Gasteiger partial charge in [-0.3, -0.25) is 0 Å². The molecule has 0 bridgehead atoms. The summed E-state index contributed by atoms with van der Waals surface area (Å²) >= 11 is 0. The number of nitrogen functional groups attached to an aromatic ring is 1. The van der Waals surface area contributed by atoms with Crippen molar-refractivity contribution in [3.8, 4) is 0 Å². The number of fused-ring (bicyclic) bond motifs is 1. The van der Waals surface area contributed by atoms with E-state index in [0.29, 0.717) is 11.1 Å². The van der Waals surface area contributed by atoms with Crippen LogP contribution in [0.1, 0.15) is 5.56 Å². The molecule has 3 N–H and O–H groups in total. The largest absolute Gasteiger partial charge is 0.437 e. The minimum Gasteiger partial charge on any atom is -0.437 e. The average Bonchev–Trinajstić information content (AvgIpc) is 2.75. The van der Waals surface area contributed by atoms with Gasteiger partial charge in [-0.1, -0.05) is 0 Å². The minimum atomic E-state index is -4.41. The van der Waals surface area contributed by atoms with E-state index in [9.17, 15) is 17.6 Å². The number of halogens is 4. The standard InChI is InChI=1S/C14H9F4N3O/c15-11-5-9-10(6-20-11)22-13(19)12(9)21-8-3-1-7(2-4-8)14(16,17)18/h1-6,21H,19H2. The molecule has 8 heteroatoms. The molecule has 0 radical (unpaired) electrons. The lowest BCUT2D eigenvalue weighted by molar-refractivity contribution is -0.137. The van der Waals surface area contributed by atoms with Crippen molar-refractivity contribution in [1.29, 1.82) is 0 Å². The van der Waals surface area contributed by atoms with Crippen molar-refractivity contribution < 1.29 is 22.0 Å². The van der Waals surface area contributed by atoms with Gasteiger partial charge in [0.15, 0.2) is 5.58 Å². The van der Waals surface area contributed by atoms with Crippen LogP contribution in [0.3, 0.4) is 0 Å². The van der Waals surface area contributed by atoms with E-state index >= 15 is 0 Å². The van der Waals surface area contributed by atoms with E-state index in [1.165, 1.54) is 18.3 Å². The van der Waals surface area contributed by atoms with Crippen LogP contribution in [-0.4, -0.2) is 4.98 Å². The van der Waals surface area contributed by atoms with Gasteiger partial charge in [-0.15, -0.1) is 0 Å². The molecule has 0 spiro atoms. The summed E-state index contributed by atoms with van der Waals surface area (Å²) < 4.78 is 55.9. The Morgan fingerprint density at radius 3 is 2.45 bits per heavy atom. The van der Waals surface area contributed by atoms with E-state index in [-0.39, 0.29) is 17.2 Å². The zero-order valence-corrected chi connectivity index (χ0v) is 10.9. The van der Waals surface area contributed by atoms with Gasteiger partial charge >= 0.3 is 6.18 Å². The number of hydrogen-bond donors (Lipinski definition) is 2. The number of hydrogen-bond acceptors (Lipinski definition) is 4. The Balaban J connectivity index is 1.96. The van der Waals surface area contributed by atoms with Crippen LogP contribution < -0.4 is 11.1 Å². The van der Waals surface area contributed by atoms with Crippen LogP contribution in [0.2, 0.25) is 0 Å². The molecule has 22 heavy (non-hydrogen) atoms. The quantitative estimate of drug-likeness (QED) is 0.547. The number of aromatic nitrogens is 1. The summed E-state index contributed by atoms with van der Waals surface area (Å²) in [6.07, 6.45) is -3.23. The number of pyridine rings is 1. The van der Waals surface area contributed by atoms with Gasteiger partial charge in [0, 0.05) is 11.8 Å². The monoisotopic (exact) mass is 311 g/mol. The highest BCUT2D eigenvalue weighted by Gasteiger charge is 2.30. The van der Waals surface area contributed by atoms with Gasteiger partial charge in [0.1, 0.15) is 5.69 Å². The van der Waals surface area contributed by atoms with E-state index in [2.05, 4.69) is 10.3 Å². The van der Waals surface area contributed by atoms with Crippen LogP contribution in [0.5, 0.6) is 0 Å². The van der Waals surface area contributed by atoms with E-state index in [1.54, 1.807) is 0 Å². The van der Waals surface area contributed by atoms with Crippen molar-refractivity contribution in [2.75, 3.05) is 11.1 Å². The van der Waals surface area contributed by atoms with Gasteiger partial charge in [0.25, 0.3) is 0 Å². The first kappa shape index (κ1) is 14.2. The van der Waals surface area contributed by atoms with E-state index in [0.717, 1.165) is 18.2 Å². The molecule has 1 aromatic carbocycles. The van der Waals surface area contributed by atoms with Crippen LogP contribution >= 0.6 is 0 Å². The first-order chi connectivity index (χ1) is 10.3. The van der Waals surface area contributed by atoms with Gasteiger partial charge in [-0.25, -0.2) is 4.98 Å². The predicted octanol–water partition coefficient (Wildman–Crippen LogP) is 4.31. The first-order valence-corrected chi connectivity index (χ1v) is 6.12. The highest BCUT2D eigenvalue weighted by molar-refractivity contribution is 5.97. The van der Waals surface area contributed by atoms with Crippen LogP contribution in [0, 0.1) is 5.95 Å². The lowest BCUT2D eigenvalue weighted by Crippen LogP contribution is -2.04. The van der Waals surface area contributed by atoms with E-state index in [1.807, 2.05) is 0 Å². The normalized spacial score (nSPS) is 11.8. The molecule has 3 rings (SSSR count). The maximum Gasteiger partial charge on any atom is 0.416 e. The van der Waals surface area contributed by atoms with Gasteiger partial charge in [0.05, 0.1) is 17.1 Å². The Morgan fingerprint density at radius 2 is 1.82 bits per heavy atom. The molecule has 0 aliphatic carbocycles. The fourth-order valence-electron chi connectivity index (χ4n) is 2.01. The molecule has 2 heterocycles. The summed E-state index contributed by atoms with van der Waals surface area (Å²) in [6.45, 7) is 0. The second-order valence-corrected chi connectivity index (χ2v) is 4.54. The second kappa shape index (κ2) is 4.90. The van der Waals surface area contributed by atoms with Gasteiger partial charge in [-0.2, -0.15) is 17.6 Å². The number of rotatable bonds is 2. The summed E-state index contributed by atoms with van der Waals surface area (Å²) in [5.41, 5.74) is 5.83. The van der Waals surface area contributed by atoms with Gasteiger partial charge in [0.2, 0.25) is 11.8 Å². The number of alkyl halides is 3. The van der Waals surface area contributed by atoms with Crippen molar-refractivity contribution in [3.63, 3.8) is 0 Å². The molecule has 114 valence electrons. The smallest absolute Gasteiger partial charge is 0.416 e. The third-order valence-corrected chi connectivity index (χ3v) is 3.05. The average molecular weight is 311 g/mol. The molecule has 0 aliphatic heterocycles. The van der Waals surface area contributed by atoms with Crippen LogP contribution in [0.15, 0.2) is 40.9 Å². The maximum absolute atomic E-state index is 13.2. The molecule has 0 amide bonds. The molecule has 0 fully saturated rings. The SMILES string of the molecule is Nc1oc2cnc(F)cc2c1Nc1ccc(C(F)(F)F)cc1. The van der Waals surface area contributed by atoms with E-state index in [4.69, 9.17) is 10.2 Å². The summed E-state index contributed by atoms with van der Waals surface area (Å²) in [4.78, 5) is 3.44. The van der Waals surface area contributed by atoms with Crippen molar-refractivity contribution in [1.82, 2.24) is 4.98 Å². The van der Waals surface area contributed by atoms with E-state index < -0.39 is 17.7 Å². The number of furan rings is 1. The Morgan fingerprint density at radius 1 is 1.14 bits per heavy atom. The predicted molar refractivity (Wildman–Crippen MR) is 73.1 cm³/mol. The molecular formula is C14H9F4N3O. The Bertz CT molecular complexity index is 824. The summed E-state index contributed by atoms with van der Waals surface area (Å²) in [6, 6.07) is 5.49. The summed E-state index contributed by atoms with van der Waals surface area (Å²) in [5, 5.41) is 3.17. The molecule has 0 saturated carbocycles. The van der Waals surface area contributed by atoms with Crippen molar-refractivity contribution >= 4 is 28.2 Å². The van der Waals surface area contributed by atoms with Crippen molar-refractivity contribution in [2.45, 2.75) is 6.18 Å². The number of benzene rings is 1. The van der Waals surface area contributed by atoms with Gasteiger partial charge in [-0.05, 0) is 24.3 Å². The number of nitrogens with zero attached hydrogens (tertiary/aromatic N) is 1. The summed E-state index contributed by atoms with van der Waals surface area (Å²) in [7, 11) is 0. The maximum atomic E-state index is 13.2. The molecule has 0 atom stereocenters. The van der Waals surface area contributed by atoms with Crippen molar-refractivity contribution in [3.05, 3.63) is 48.0 Å². The molecule has 4 nitrogen and oxygen atoms in total. The zero-order chi connectivity index (χ0) is 15.9. The highest BCUT2D eigenvalue weighted by atomic mass is 19.4. The van der Waals surface area contributed by atoms with Crippen LogP contribution in [-0.2, 0) is 6.18 Å². The minimum absolute atomic E-state index is 0.0118. The zero-order valence-electron chi connectivity index (χ0n) is 10.9. The lowest BCUT2D eigenvalue weighted by Gasteiger charge is -2.09. The molecule has 0 unspecified atom stereocenters. The molecule has 2 aromatic heterocycles. The molecule has 3 aromatic rings. The third-order valence-electron chi connectivity index (χ3n) is 3.05. The topological polar surface area (TPSA) is 64.1 Å². The molecule has 0 aliphatic rings. The Kier molecular flexibility index (Phi) is 3.16. The summed E-state index contributed by atoms with van der Waals surface area (Å²) in [5.74, 6) is -0.730. The van der Waals surface area contributed by atoms with Crippen LogP contribution in [0.4, 0.5) is 34.8 Å². The lowest BCUT2D eigenvalue weighted by atomic mass is 10.2. The van der Waals surface area contributed by atoms with Gasteiger partial charge < -0.3 is 15.5 Å². The van der Waals surface area contributed by atoms with Crippen LogP contribution in [0.25, 0.3) is 11.0 Å². The molecule has 0 saturated heterocycles. The fourth-order valence-corrected chi connectivity index (χ4v) is 2.01. The number of nitrogens with one attached hydrogen (secondary N) is 1. The Hall–Kier alpha value is -2.77. The Labute approximate surface area is 121 Å². The third kappa shape index (κ3) is 2.54. The van der Waals surface area contributed by atoms with Crippen molar-refractivity contribution in [2.24, 2.45) is 0 Å². The fraction of sp³-hybridized carbons (Fsp3) is 0.0714. The number of anilines is 3. The molecular weight excluding hydrogens is 302 g/mol.